The van der Waals surface area contributed by atoms with Gasteiger partial charge in [0.1, 0.15) is 6.33 Å². The highest BCUT2D eigenvalue weighted by atomic mass is 15.5. The van der Waals surface area contributed by atoms with Crippen LogP contribution in [0.1, 0.15) is 12.5 Å². The Bertz CT molecular complexity index is 594. The fourth-order valence-corrected chi connectivity index (χ4v) is 2.36. The van der Waals surface area contributed by atoms with Crippen molar-refractivity contribution >= 4 is 0 Å². The van der Waals surface area contributed by atoms with Crippen LogP contribution < -0.4 is 0 Å². The zero-order valence-corrected chi connectivity index (χ0v) is 11.2. The second-order valence-corrected chi connectivity index (χ2v) is 5.03. The molecule has 2 heterocycles. The molecule has 0 bridgehead atoms. The van der Waals surface area contributed by atoms with Gasteiger partial charge in [-0.15, -0.1) is 10.2 Å². The first kappa shape index (κ1) is 12.5. The number of nitrogens with zero attached hydrogens (tertiary/aromatic N) is 7. The predicted molar refractivity (Wildman–Crippen MR) is 71.6 cm³/mol. The normalized spacial score (nSPS) is 14.1. The van der Waals surface area contributed by atoms with Crippen LogP contribution in [0, 0.1) is 0 Å². The molecule has 7 nitrogen and oxygen atoms in total. The molecule has 1 unspecified atom stereocenters. The van der Waals surface area contributed by atoms with Gasteiger partial charge in [-0.25, -0.2) is 4.68 Å². The topological polar surface area (TPSA) is 74.3 Å². The van der Waals surface area contributed by atoms with Gasteiger partial charge in [-0.2, -0.15) is 0 Å². The highest BCUT2D eigenvalue weighted by Gasteiger charge is 2.29. The van der Waals surface area contributed by atoms with Crippen molar-refractivity contribution in [3.8, 4) is 0 Å². The first-order valence-corrected chi connectivity index (χ1v) is 6.37. The molecule has 2 aromatic heterocycles. The van der Waals surface area contributed by atoms with Crippen LogP contribution in [0.15, 0.2) is 49.1 Å². The molecule has 1 aromatic carbocycles. The Morgan fingerprint density at radius 1 is 1.00 bits per heavy atom. The highest BCUT2D eigenvalue weighted by Crippen LogP contribution is 2.27. The maximum atomic E-state index is 4.06. The van der Waals surface area contributed by atoms with E-state index in [0.717, 1.165) is 0 Å². The predicted octanol–water partition coefficient (Wildman–Crippen LogP) is 0.923. The van der Waals surface area contributed by atoms with Crippen molar-refractivity contribution in [1.82, 2.24) is 35.2 Å². The zero-order valence-electron chi connectivity index (χ0n) is 11.2. The van der Waals surface area contributed by atoms with Gasteiger partial charge in [0.15, 0.2) is 0 Å². The SMILES string of the molecule is CC(Cn1ccnn1)(Cn1cnnn1)c1ccccc1. The summed E-state index contributed by atoms with van der Waals surface area (Å²) in [7, 11) is 0. The minimum absolute atomic E-state index is 0.176. The first-order valence-electron chi connectivity index (χ1n) is 6.37. The van der Waals surface area contributed by atoms with Crippen LogP contribution in [0.5, 0.6) is 0 Å². The largest absolute Gasteiger partial charge is 0.252 e. The maximum absolute atomic E-state index is 4.06. The van der Waals surface area contributed by atoms with Gasteiger partial charge in [0.2, 0.25) is 0 Å². The Morgan fingerprint density at radius 2 is 1.80 bits per heavy atom. The Hall–Kier alpha value is -2.57. The van der Waals surface area contributed by atoms with Crippen LogP contribution >= 0.6 is 0 Å². The van der Waals surface area contributed by atoms with Gasteiger partial charge < -0.3 is 0 Å². The van der Waals surface area contributed by atoms with Crippen molar-refractivity contribution in [2.24, 2.45) is 0 Å². The van der Waals surface area contributed by atoms with E-state index < -0.39 is 0 Å². The summed E-state index contributed by atoms with van der Waals surface area (Å²) in [6.45, 7) is 3.55. The molecule has 0 amide bonds. The molecule has 3 aromatic rings. The molecule has 0 fully saturated rings. The quantitative estimate of drug-likeness (QED) is 0.688. The lowest BCUT2D eigenvalue weighted by molar-refractivity contribution is 0.306. The summed E-state index contributed by atoms with van der Waals surface area (Å²) < 4.78 is 3.57. The van der Waals surface area contributed by atoms with E-state index in [1.54, 1.807) is 17.2 Å². The molecule has 0 saturated carbocycles. The Labute approximate surface area is 116 Å². The number of rotatable bonds is 5. The fraction of sp³-hybridized carbons (Fsp3) is 0.308. The lowest BCUT2D eigenvalue weighted by Gasteiger charge is -2.29. The van der Waals surface area contributed by atoms with Crippen molar-refractivity contribution in [2.45, 2.75) is 25.4 Å². The van der Waals surface area contributed by atoms with E-state index in [2.05, 4.69) is 44.9 Å². The fourth-order valence-electron chi connectivity index (χ4n) is 2.36. The Morgan fingerprint density at radius 3 is 2.45 bits per heavy atom. The summed E-state index contributed by atoms with van der Waals surface area (Å²) in [5.41, 5.74) is 1.04. The molecule has 7 heteroatoms. The molecular weight excluding hydrogens is 254 g/mol. The molecule has 3 rings (SSSR count). The van der Waals surface area contributed by atoms with E-state index >= 15 is 0 Å². The number of tetrazole rings is 1. The summed E-state index contributed by atoms with van der Waals surface area (Å²) in [6.07, 6.45) is 5.17. The number of benzene rings is 1. The van der Waals surface area contributed by atoms with E-state index in [9.17, 15) is 0 Å². The third-order valence-electron chi connectivity index (χ3n) is 3.36. The minimum Gasteiger partial charge on any atom is -0.252 e. The van der Waals surface area contributed by atoms with E-state index in [4.69, 9.17) is 0 Å². The van der Waals surface area contributed by atoms with Gasteiger partial charge in [0.05, 0.1) is 19.3 Å². The van der Waals surface area contributed by atoms with E-state index in [-0.39, 0.29) is 5.41 Å². The molecule has 0 saturated heterocycles. The molecule has 0 aliphatic rings. The van der Waals surface area contributed by atoms with Crippen molar-refractivity contribution in [3.05, 3.63) is 54.6 Å². The van der Waals surface area contributed by atoms with Gasteiger partial charge in [0, 0.05) is 11.6 Å². The number of hydrogen-bond acceptors (Lipinski definition) is 5. The number of hydrogen-bond donors (Lipinski definition) is 0. The van der Waals surface area contributed by atoms with Crippen LogP contribution in [0.3, 0.4) is 0 Å². The minimum atomic E-state index is -0.176. The van der Waals surface area contributed by atoms with Crippen LogP contribution in [-0.2, 0) is 18.5 Å². The van der Waals surface area contributed by atoms with Crippen LogP contribution in [0.2, 0.25) is 0 Å². The van der Waals surface area contributed by atoms with Crippen molar-refractivity contribution in [1.29, 1.82) is 0 Å². The van der Waals surface area contributed by atoms with Crippen LogP contribution in [0.4, 0.5) is 0 Å². The zero-order chi connectivity index (χ0) is 13.8. The standard InChI is InChI=1S/C13H15N7/c1-13(9-19-8-7-14-17-19,10-20-11-15-16-18-20)12-5-3-2-4-6-12/h2-8,11H,9-10H2,1H3. The maximum Gasteiger partial charge on any atom is 0.138 e. The molecule has 0 radical (unpaired) electrons. The van der Waals surface area contributed by atoms with Gasteiger partial charge in [0.25, 0.3) is 0 Å². The van der Waals surface area contributed by atoms with Crippen molar-refractivity contribution in [2.75, 3.05) is 0 Å². The number of aromatic nitrogens is 7. The molecule has 0 N–H and O–H groups in total. The monoisotopic (exact) mass is 269 g/mol. The molecule has 0 aliphatic carbocycles. The molecular formula is C13H15N7. The third kappa shape index (κ3) is 2.56. The van der Waals surface area contributed by atoms with Gasteiger partial charge >= 0.3 is 0 Å². The third-order valence-corrected chi connectivity index (χ3v) is 3.36. The van der Waals surface area contributed by atoms with Crippen LogP contribution in [-0.4, -0.2) is 35.2 Å². The Balaban J connectivity index is 1.93. The molecule has 20 heavy (non-hydrogen) atoms. The van der Waals surface area contributed by atoms with Crippen molar-refractivity contribution < 1.29 is 0 Å². The summed E-state index contributed by atoms with van der Waals surface area (Å²) in [4.78, 5) is 0. The van der Waals surface area contributed by atoms with Crippen LogP contribution in [0.25, 0.3) is 0 Å². The Kier molecular flexibility index (Phi) is 3.24. The molecule has 0 spiro atoms. The van der Waals surface area contributed by atoms with Gasteiger partial charge in [-0.1, -0.05) is 42.5 Å². The molecule has 0 aliphatic heterocycles. The van der Waals surface area contributed by atoms with Crippen molar-refractivity contribution in [3.63, 3.8) is 0 Å². The second kappa shape index (κ2) is 5.20. The first-order chi connectivity index (χ1) is 9.76. The van der Waals surface area contributed by atoms with E-state index in [0.29, 0.717) is 13.1 Å². The average Bonchev–Trinajstić information content (AvgIpc) is 3.13. The smallest absolute Gasteiger partial charge is 0.138 e. The lowest BCUT2D eigenvalue weighted by Crippen LogP contribution is -2.34. The van der Waals surface area contributed by atoms with Gasteiger partial charge in [-0.05, 0) is 16.0 Å². The second-order valence-electron chi connectivity index (χ2n) is 5.03. The van der Waals surface area contributed by atoms with E-state index in [1.807, 2.05) is 29.1 Å². The molecule has 102 valence electrons. The highest BCUT2D eigenvalue weighted by molar-refractivity contribution is 5.24. The molecule has 1 atom stereocenters. The summed E-state index contributed by atoms with van der Waals surface area (Å²) in [6, 6.07) is 10.3. The lowest BCUT2D eigenvalue weighted by atomic mass is 9.82. The van der Waals surface area contributed by atoms with Gasteiger partial charge in [-0.3, -0.25) is 4.68 Å². The van der Waals surface area contributed by atoms with E-state index in [1.165, 1.54) is 5.56 Å². The summed E-state index contributed by atoms with van der Waals surface area (Å²) in [5, 5.41) is 19.3. The average molecular weight is 269 g/mol. The summed E-state index contributed by atoms with van der Waals surface area (Å²) >= 11 is 0. The summed E-state index contributed by atoms with van der Waals surface area (Å²) in [5.74, 6) is 0.